The smallest absolute Gasteiger partial charge is 0.408 e. The molecule has 4 rings (SSSR count). The third-order valence-corrected chi connectivity index (χ3v) is 9.61. The van der Waals surface area contributed by atoms with Gasteiger partial charge in [0.15, 0.2) is 22.3 Å². The SMILES string of the molecule is CC(C)CC(CC(=O)[C@H](Cc1cccc2ccccc12)NC(=O)OCc1ccccc1)C(=O)N[C@@H](C[C@@H]1CCCCC1=O)C(O)S(=O)O. The summed E-state index contributed by atoms with van der Waals surface area (Å²) in [6.07, 6.45) is 2.05. The molecule has 0 aromatic heterocycles. The molecule has 0 heterocycles. The van der Waals surface area contributed by atoms with Crippen molar-refractivity contribution in [3.63, 3.8) is 0 Å². The van der Waals surface area contributed by atoms with E-state index in [1.165, 1.54) is 0 Å². The molecule has 0 aliphatic heterocycles. The van der Waals surface area contributed by atoms with Crippen LogP contribution in [0.1, 0.15) is 69.9 Å². The predicted octanol–water partition coefficient (Wildman–Crippen LogP) is 5.47. The molecule has 0 bridgehead atoms. The number of hydrogen-bond acceptors (Lipinski definition) is 7. The molecule has 1 fully saturated rings. The number of hydrogen-bond donors (Lipinski definition) is 4. The number of aliphatic hydroxyl groups excluding tert-OH is 1. The van der Waals surface area contributed by atoms with Gasteiger partial charge in [-0.3, -0.25) is 14.4 Å². The number of ether oxygens (including phenoxy) is 1. The van der Waals surface area contributed by atoms with E-state index in [0.717, 1.165) is 34.7 Å². The van der Waals surface area contributed by atoms with Crippen molar-refractivity contribution in [2.24, 2.45) is 17.8 Å². The predicted molar refractivity (Wildman–Crippen MR) is 184 cm³/mol. The monoisotopic (exact) mass is 678 g/mol. The van der Waals surface area contributed by atoms with Crippen molar-refractivity contribution >= 4 is 45.4 Å². The Kier molecular flexibility index (Phi) is 13.8. The standard InChI is InChI=1S/C37H46N2O8S/c1-24(2)19-29(35(42)38-32(36(43)48(45)46)21-28-14-7-9-18-33(28)40)22-34(41)31(39-37(44)47-23-25-11-4-3-5-12-25)20-27-16-10-15-26-13-6-8-17-30(26)27/h3-6,8,10-13,15-17,24,28-29,31-32,36,43H,7,9,14,18-23H2,1-2H3,(H,38,42)(H,39,44)(H,45,46)/t28-,29?,31-,32-,36?/m0/s1. The van der Waals surface area contributed by atoms with Crippen LogP contribution >= 0.6 is 0 Å². The van der Waals surface area contributed by atoms with E-state index < -0.39 is 52.4 Å². The zero-order valence-corrected chi connectivity index (χ0v) is 28.3. The van der Waals surface area contributed by atoms with Crippen LogP contribution in [-0.2, 0) is 43.2 Å². The Morgan fingerprint density at radius 1 is 0.958 bits per heavy atom. The largest absolute Gasteiger partial charge is 0.445 e. The number of aliphatic hydroxyl groups is 1. The summed E-state index contributed by atoms with van der Waals surface area (Å²) in [5.74, 6) is -2.24. The van der Waals surface area contributed by atoms with E-state index in [2.05, 4.69) is 10.6 Å². The van der Waals surface area contributed by atoms with Crippen molar-refractivity contribution < 1.29 is 37.8 Å². The second-order valence-electron chi connectivity index (χ2n) is 13.0. The van der Waals surface area contributed by atoms with Crippen LogP contribution in [0.3, 0.4) is 0 Å². The lowest BCUT2D eigenvalue weighted by Crippen LogP contribution is -2.50. The first kappa shape index (κ1) is 36.9. The first-order chi connectivity index (χ1) is 23.0. The molecule has 0 saturated heterocycles. The van der Waals surface area contributed by atoms with E-state index in [9.17, 15) is 33.0 Å². The van der Waals surface area contributed by atoms with Gasteiger partial charge in [0.1, 0.15) is 12.4 Å². The Balaban J connectivity index is 1.54. The summed E-state index contributed by atoms with van der Waals surface area (Å²) in [6, 6.07) is 20.5. The molecule has 1 aliphatic carbocycles. The molecule has 0 spiro atoms. The van der Waals surface area contributed by atoms with E-state index in [4.69, 9.17) is 4.74 Å². The highest BCUT2D eigenvalue weighted by molar-refractivity contribution is 7.79. The van der Waals surface area contributed by atoms with Crippen LogP contribution in [-0.4, -0.2) is 55.0 Å². The molecule has 48 heavy (non-hydrogen) atoms. The molecular weight excluding hydrogens is 632 g/mol. The van der Waals surface area contributed by atoms with Gasteiger partial charge in [-0.15, -0.1) is 0 Å². The zero-order valence-electron chi connectivity index (χ0n) is 27.5. The number of fused-ring (bicyclic) bond motifs is 1. The van der Waals surface area contributed by atoms with Crippen LogP contribution in [0.15, 0.2) is 72.8 Å². The molecule has 11 heteroatoms. The van der Waals surface area contributed by atoms with Crippen molar-refractivity contribution in [3.05, 3.63) is 83.9 Å². The van der Waals surface area contributed by atoms with Crippen molar-refractivity contribution in [2.45, 2.75) is 89.3 Å². The molecule has 3 aromatic carbocycles. The van der Waals surface area contributed by atoms with Crippen molar-refractivity contribution in [1.29, 1.82) is 0 Å². The summed E-state index contributed by atoms with van der Waals surface area (Å²) in [5, 5.41) is 17.9. The van der Waals surface area contributed by atoms with Gasteiger partial charge in [-0.05, 0) is 53.5 Å². The first-order valence-corrected chi connectivity index (χ1v) is 17.8. The summed E-state index contributed by atoms with van der Waals surface area (Å²) < 4.78 is 27.0. The van der Waals surface area contributed by atoms with Crippen LogP contribution < -0.4 is 10.6 Å². The van der Waals surface area contributed by atoms with Crippen molar-refractivity contribution in [2.75, 3.05) is 0 Å². The summed E-state index contributed by atoms with van der Waals surface area (Å²) in [5.41, 5.74) is -0.182. The highest BCUT2D eigenvalue weighted by Crippen LogP contribution is 2.27. The van der Waals surface area contributed by atoms with Gasteiger partial charge in [-0.1, -0.05) is 93.1 Å². The number of rotatable bonds is 16. The molecule has 1 aliphatic rings. The minimum absolute atomic E-state index is 0.00383. The fourth-order valence-electron chi connectivity index (χ4n) is 6.38. The molecule has 2 amide bonds. The molecule has 3 unspecified atom stereocenters. The van der Waals surface area contributed by atoms with Gasteiger partial charge in [0.2, 0.25) is 5.91 Å². The second-order valence-corrected chi connectivity index (χ2v) is 14.1. The Hall–Kier alpha value is -3.93. The number of carbonyl (C=O) groups is 4. The number of Topliss-reactive ketones (excluding diaryl/α,β-unsaturated/α-hetero) is 2. The highest BCUT2D eigenvalue weighted by Gasteiger charge is 2.35. The van der Waals surface area contributed by atoms with E-state index >= 15 is 0 Å². The summed E-state index contributed by atoms with van der Waals surface area (Å²) in [6.45, 7) is 3.83. The number of benzene rings is 3. The lowest BCUT2D eigenvalue weighted by Gasteiger charge is -2.30. The van der Waals surface area contributed by atoms with Gasteiger partial charge >= 0.3 is 6.09 Å². The van der Waals surface area contributed by atoms with Gasteiger partial charge < -0.3 is 25.0 Å². The zero-order chi connectivity index (χ0) is 34.6. The van der Waals surface area contributed by atoms with Crippen LogP contribution in [0.4, 0.5) is 4.79 Å². The quantitative estimate of drug-likeness (QED) is 0.145. The van der Waals surface area contributed by atoms with Crippen LogP contribution in [0.25, 0.3) is 10.8 Å². The maximum Gasteiger partial charge on any atom is 0.408 e. The van der Waals surface area contributed by atoms with E-state index in [0.29, 0.717) is 19.3 Å². The normalized spacial score (nSPS) is 18.0. The number of amides is 2. The Labute approximate surface area is 284 Å². The average molecular weight is 679 g/mol. The number of ketones is 2. The van der Waals surface area contributed by atoms with E-state index in [1.807, 2.05) is 86.6 Å². The van der Waals surface area contributed by atoms with Gasteiger partial charge in [-0.25, -0.2) is 9.00 Å². The van der Waals surface area contributed by atoms with E-state index in [1.54, 1.807) is 0 Å². The Morgan fingerprint density at radius 2 is 1.67 bits per heavy atom. The van der Waals surface area contributed by atoms with E-state index in [-0.39, 0.29) is 43.4 Å². The van der Waals surface area contributed by atoms with Crippen molar-refractivity contribution in [1.82, 2.24) is 10.6 Å². The Bertz CT molecular complexity index is 1570. The van der Waals surface area contributed by atoms with Crippen molar-refractivity contribution in [3.8, 4) is 0 Å². The van der Waals surface area contributed by atoms with Gasteiger partial charge in [0, 0.05) is 31.1 Å². The number of alkyl carbamates (subject to hydrolysis) is 1. The topological polar surface area (TPSA) is 159 Å². The minimum Gasteiger partial charge on any atom is -0.445 e. The molecule has 258 valence electrons. The maximum atomic E-state index is 14.0. The number of nitrogens with one attached hydrogen (secondary N) is 2. The molecule has 0 radical (unpaired) electrons. The Morgan fingerprint density at radius 3 is 2.38 bits per heavy atom. The van der Waals surface area contributed by atoms with Gasteiger partial charge in [-0.2, -0.15) is 0 Å². The third kappa shape index (κ3) is 10.8. The molecule has 1 saturated carbocycles. The molecular formula is C37H46N2O8S. The summed E-state index contributed by atoms with van der Waals surface area (Å²) in [7, 11) is 0. The summed E-state index contributed by atoms with van der Waals surface area (Å²) in [4.78, 5) is 53.3. The van der Waals surface area contributed by atoms with Crippen LogP contribution in [0.2, 0.25) is 0 Å². The minimum atomic E-state index is -2.67. The average Bonchev–Trinajstić information content (AvgIpc) is 3.07. The fraction of sp³-hybridized carbons (Fsp3) is 0.459. The molecule has 4 N–H and O–H groups in total. The van der Waals surface area contributed by atoms with Gasteiger partial charge in [0.25, 0.3) is 0 Å². The van der Waals surface area contributed by atoms with Crippen LogP contribution in [0, 0.1) is 17.8 Å². The fourth-order valence-corrected chi connectivity index (χ4v) is 6.84. The molecule has 10 nitrogen and oxygen atoms in total. The third-order valence-electron chi connectivity index (χ3n) is 8.87. The summed E-state index contributed by atoms with van der Waals surface area (Å²) >= 11 is -2.67. The molecule has 3 aromatic rings. The second kappa shape index (κ2) is 18.0. The number of carbonyl (C=O) groups excluding carboxylic acids is 4. The van der Waals surface area contributed by atoms with Gasteiger partial charge in [0.05, 0.1) is 12.1 Å². The lowest BCUT2D eigenvalue weighted by atomic mass is 9.83. The highest BCUT2D eigenvalue weighted by atomic mass is 32.2. The maximum absolute atomic E-state index is 14.0. The lowest BCUT2D eigenvalue weighted by molar-refractivity contribution is -0.132. The van der Waals surface area contributed by atoms with Crippen LogP contribution in [0.5, 0.6) is 0 Å². The molecule has 6 atom stereocenters. The first-order valence-electron chi connectivity index (χ1n) is 16.6.